The first-order valence-corrected chi connectivity index (χ1v) is 5.61. The molecule has 0 aromatic carbocycles. The van der Waals surface area contributed by atoms with Crippen molar-refractivity contribution >= 4 is 5.91 Å². The highest BCUT2D eigenvalue weighted by atomic mass is 16.2. The monoisotopic (exact) mass is 219 g/mol. The highest BCUT2D eigenvalue weighted by molar-refractivity contribution is 5.76. The van der Waals surface area contributed by atoms with E-state index < -0.39 is 0 Å². The van der Waals surface area contributed by atoms with Gasteiger partial charge in [-0.05, 0) is 24.5 Å². The number of rotatable bonds is 1. The molecule has 4 nitrogen and oxygen atoms in total. The average molecular weight is 219 g/mol. The van der Waals surface area contributed by atoms with Crippen LogP contribution in [0.1, 0.15) is 30.9 Å². The molecule has 1 amide bonds. The number of carbonyl (C=O) groups excluding carboxylic acids is 1. The van der Waals surface area contributed by atoms with E-state index in [0.717, 1.165) is 18.4 Å². The van der Waals surface area contributed by atoms with Gasteiger partial charge in [0.1, 0.15) is 0 Å². The number of aromatic nitrogens is 1. The smallest absolute Gasteiger partial charge is 0.222 e. The number of nitrogens with two attached hydrogens (primary N) is 1. The van der Waals surface area contributed by atoms with E-state index in [-0.39, 0.29) is 18.0 Å². The molecule has 2 N–H and O–H groups in total. The van der Waals surface area contributed by atoms with E-state index in [1.54, 1.807) is 17.3 Å². The molecule has 0 aliphatic carbocycles. The van der Waals surface area contributed by atoms with E-state index in [9.17, 15) is 4.79 Å². The molecule has 0 spiro atoms. The zero-order valence-corrected chi connectivity index (χ0v) is 9.47. The van der Waals surface area contributed by atoms with Gasteiger partial charge in [0.2, 0.25) is 5.91 Å². The minimum Gasteiger partial charge on any atom is -0.337 e. The van der Waals surface area contributed by atoms with Crippen molar-refractivity contribution in [2.75, 3.05) is 7.05 Å². The summed E-state index contributed by atoms with van der Waals surface area (Å²) < 4.78 is 0. The quantitative estimate of drug-likeness (QED) is 0.769. The van der Waals surface area contributed by atoms with Crippen LogP contribution in [0.3, 0.4) is 0 Å². The molecule has 2 atom stereocenters. The molecule has 2 heterocycles. The fraction of sp³-hybridized carbons (Fsp3) is 0.500. The highest BCUT2D eigenvalue weighted by Gasteiger charge is 2.30. The second kappa shape index (κ2) is 4.61. The van der Waals surface area contributed by atoms with E-state index in [0.29, 0.717) is 6.42 Å². The lowest BCUT2D eigenvalue weighted by atomic mass is 9.98. The molecule has 1 aromatic rings. The van der Waals surface area contributed by atoms with Gasteiger partial charge in [0.05, 0.1) is 6.04 Å². The largest absolute Gasteiger partial charge is 0.337 e. The topological polar surface area (TPSA) is 59.2 Å². The zero-order chi connectivity index (χ0) is 11.5. The molecule has 2 unspecified atom stereocenters. The van der Waals surface area contributed by atoms with Gasteiger partial charge < -0.3 is 10.6 Å². The van der Waals surface area contributed by atoms with Crippen LogP contribution in [-0.2, 0) is 4.79 Å². The fourth-order valence-electron chi connectivity index (χ4n) is 2.29. The summed E-state index contributed by atoms with van der Waals surface area (Å²) in [6.45, 7) is 0. The van der Waals surface area contributed by atoms with Gasteiger partial charge in [-0.3, -0.25) is 9.78 Å². The molecule has 1 aromatic heterocycles. The molecule has 0 saturated carbocycles. The Morgan fingerprint density at radius 3 is 3.06 bits per heavy atom. The Hall–Kier alpha value is -1.42. The maximum Gasteiger partial charge on any atom is 0.222 e. The van der Waals surface area contributed by atoms with Crippen molar-refractivity contribution < 1.29 is 4.79 Å². The third-order valence-electron chi connectivity index (χ3n) is 3.17. The summed E-state index contributed by atoms with van der Waals surface area (Å²) in [4.78, 5) is 17.6. The van der Waals surface area contributed by atoms with Crippen LogP contribution in [0.2, 0.25) is 0 Å². The van der Waals surface area contributed by atoms with Gasteiger partial charge in [-0.2, -0.15) is 0 Å². The third kappa shape index (κ3) is 2.07. The second-order valence-corrected chi connectivity index (χ2v) is 4.29. The molecule has 86 valence electrons. The molecule has 4 heteroatoms. The number of pyridine rings is 1. The number of likely N-dealkylation sites (tertiary alicyclic amines) is 1. The summed E-state index contributed by atoms with van der Waals surface area (Å²) in [5, 5.41) is 0. The molecule has 2 rings (SSSR count). The first-order valence-electron chi connectivity index (χ1n) is 5.61. The van der Waals surface area contributed by atoms with Crippen LogP contribution in [0.25, 0.3) is 0 Å². The zero-order valence-electron chi connectivity index (χ0n) is 9.47. The van der Waals surface area contributed by atoms with Crippen LogP contribution in [0.4, 0.5) is 0 Å². The second-order valence-electron chi connectivity index (χ2n) is 4.29. The summed E-state index contributed by atoms with van der Waals surface area (Å²) >= 11 is 0. The van der Waals surface area contributed by atoms with E-state index in [1.807, 2.05) is 19.2 Å². The lowest BCUT2D eigenvalue weighted by molar-refractivity contribution is -0.131. The van der Waals surface area contributed by atoms with Gasteiger partial charge in [0.15, 0.2) is 0 Å². The van der Waals surface area contributed by atoms with Crippen LogP contribution in [0.5, 0.6) is 0 Å². The van der Waals surface area contributed by atoms with Gasteiger partial charge in [-0.15, -0.1) is 0 Å². The number of likely N-dealkylation sites (N-methyl/N-ethyl adjacent to an activating group) is 1. The summed E-state index contributed by atoms with van der Waals surface area (Å²) in [6.07, 6.45) is 5.88. The highest BCUT2D eigenvalue weighted by Crippen LogP contribution is 2.27. The lowest BCUT2D eigenvalue weighted by Crippen LogP contribution is -2.39. The molecular formula is C12H17N3O. The van der Waals surface area contributed by atoms with Crippen molar-refractivity contribution in [1.29, 1.82) is 0 Å². The Morgan fingerprint density at radius 1 is 1.56 bits per heavy atom. The Bertz CT molecular complexity index is 366. The van der Waals surface area contributed by atoms with Crippen molar-refractivity contribution in [3.05, 3.63) is 30.1 Å². The first kappa shape index (κ1) is 11.1. The molecule has 0 radical (unpaired) electrons. The molecule has 1 saturated heterocycles. The molecule has 1 fully saturated rings. The molecule has 0 bridgehead atoms. The molecule has 1 aliphatic heterocycles. The van der Waals surface area contributed by atoms with E-state index in [1.165, 1.54) is 0 Å². The van der Waals surface area contributed by atoms with Crippen molar-refractivity contribution in [3.63, 3.8) is 0 Å². The van der Waals surface area contributed by atoms with Crippen LogP contribution in [-0.4, -0.2) is 28.9 Å². The molecular weight excluding hydrogens is 202 g/mol. The Morgan fingerprint density at radius 2 is 2.38 bits per heavy atom. The number of nitrogens with zero attached hydrogens (tertiary/aromatic N) is 2. The number of amides is 1. The van der Waals surface area contributed by atoms with Crippen LogP contribution >= 0.6 is 0 Å². The van der Waals surface area contributed by atoms with Gasteiger partial charge in [0, 0.05) is 31.9 Å². The number of hydrogen-bond acceptors (Lipinski definition) is 3. The maximum atomic E-state index is 11.8. The van der Waals surface area contributed by atoms with Crippen LogP contribution < -0.4 is 5.73 Å². The predicted octanol–water partition coefficient (Wildman–Crippen LogP) is 1.09. The lowest BCUT2D eigenvalue weighted by Gasteiger charge is -2.30. The van der Waals surface area contributed by atoms with E-state index in [4.69, 9.17) is 5.73 Å². The predicted molar refractivity (Wildman–Crippen MR) is 61.6 cm³/mol. The van der Waals surface area contributed by atoms with Crippen molar-refractivity contribution in [2.45, 2.75) is 31.3 Å². The number of carbonyl (C=O) groups is 1. The summed E-state index contributed by atoms with van der Waals surface area (Å²) in [5.74, 6) is 0.168. The summed E-state index contributed by atoms with van der Waals surface area (Å²) in [5.41, 5.74) is 7.16. The summed E-state index contributed by atoms with van der Waals surface area (Å²) in [7, 11) is 1.82. The molecule has 1 aliphatic rings. The van der Waals surface area contributed by atoms with Crippen LogP contribution in [0, 0.1) is 0 Å². The maximum absolute atomic E-state index is 11.8. The van der Waals surface area contributed by atoms with Gasteiger partial charge >= 0.3 is 0 Å². The fourth-order valence-corrected chi connectivity index (χ4v) is 2.29. The third-order valence-corrected chi connectivity index (χ3v) is 3.17. The normalized spacial score (nSPS) is 26.6. The van der Waals surface area contributed by atoms with Gasteiger partial charge in [-0.25, -0.2) is 0 Å². The number of hydrogen-bond donors (Lipinski definition) is 1. The standard InChI is InChI=1S/C12H17N3O/c1-15-11(16)6-2-5-10(13)12(15)9-4-3-7-14-8-9/h3-4,7-8,10,12H,2,5-6,13H2,1H3. The van der Waals surface area contributed by atoms with E-state index in [2.05, 4.69) is 4.98 Å². The Kier molecular flexibility index (Phi) is 3.19. The van der Waals surface area contributed by atoms with Crippen molar-refractivity contribution in [2.24, 2.45) is 5.73 Å². The molecule has 16 heavy (non-hydrogen) atoms. The summed E-state index contributed by atoms with van der Waals surface area (Å²) in [6, 6.07) is 3.82. The van der Waals surface area contributed by atoms with Gasteiger partial charge in [0.25, 0.3) is 0 Å². The van der Waals surface area contributed by atoms with E-state index >= 15 is 0 Å². The Balaban J connectivity index is 2.31. The van der Waals surface area contributed by atoms with Crippen molar-refractivity contribution in [1.82, 2.24) is 9.88 Å². The minimum atomic E-state index is -0.0382. The first-order chi connectivity index (χ1) is 7.70. The Labute approximate surface area is 95.5 Å². The van der Waals surface area contributed by atoms with Crippen molar-refractivity contribution in [3.8, 4) is 0 Å². The average Bonchev–Trinajstić information content (AvgIpc) is 2.41. The SMILES string of the molecule is CN1C(=O)CCCC(N)C1c1cccnc1. The van der Waals surface area contributed by atoms with Crippen LogP contribution in [0.15, 0.2) is 24.5 Å². The minimum absolute atomic E-state index is 0.000602. The van der Waals surface area contributed by atoms with Gasteiger partial charge in [-0.1, -0.05) is 6.07 Å².